The highest BCUT2D eigenvalue weighted by Gasteiger charge is 2.42. The summed E-state index contributed by atoms with van der Waals surface area (Å²) in [7, 11) is 0. The van der Waals surface area contributed by atoms with Gasteiger partial charge in [0, 0.05) is 37.4 Å². The Morgan fingerprint density at radius 3 is 2.71 bits per heavy atom. The highest BCUT2D eigenvalue weighted by molar-refractivity contribution is 5.97. The number of amides is 3. The van der Waals surface area contributed by atoms with Crippen LogP contribution in [0.2, 0.25) is 0 Å². The summed E-state index contributed by atoms with van der Waals surface area (Å²) in [4.78, 5) is 38.7. The molecule has 3 amide bonds. The lowest BCUT2D eigenvalue weighted by atomic mass is 9.90. The van der Waals surface area contributed by atoms with Crippen molar-refractivity contribution in [3.05, 3.63) is 24.3 Å². The van der Waals surface area contributed by atoms with Crippen molar-refractivity contribution >= 4 is 29.3 Å². The number of urea groups is 1. The zero-order valence-corrected chi connectivity index (χ0v) is 13.6. The normalized spacial score (nSPS) is 23.6. The van der Waals surface area contributed by atoms with Crippen LogP contribution in [0.1, 0.15) is 26.2 Å². The fourth-order valence-corrected chi connectivity index (χ4v) is 3.18. The maximum absolute atomic E-state index is 12.4. The molecule has 1 aromatic carbocycles. The van der Waals surface area contributed by atoms with Crippen molar-refractivity contribution in [1.82, 2.24) is 4.90 Å². The lowest BCUT2D eigenvalue weighted by Gasteiger charge is -2.21. The second-order valence-corrected chi connectivity index (χ2v) is 6.67. The average molecular weight is 331 g/mol. The van der Waals surface area contributed by atoms with Gasteiger partial charge >= 0.3 is 12.0 Å². The van der Waals surface area contributed by atoms with Gasteiger partial charge in [0.15, 0.2) is 0 Å². The number of rotatable bonds is 3. The number of anilines is 2. The molecule has 1 atom stereocenters. The molecule has 3 rings (SSSR count). The number of aliphatic carboxylic acids is 1. The smallest absolute Gasteiger partial charge is 0.321 e. The summed E-state index contributed by atoms with van der Waals surface area (Å²) in [6.45, 7) is 2.96. The van der Waals surface area contributed by atoms with E-state index in [0.29, 0.717) is 31.6 Å². The van der Waals surface area contributed by atoms with Crippen LogP contribution in [0.3, 0.4) is 0 Å². The molecule has 2 aliphatic heterocycles. The Bertz CT molecular complexity index is 690. The van der Waals surface area contributed by atoms with E-state index in [1.165, 1.54) is 4.90 Å². The molecule has 2 aliphatic rings. The largest absolute Gasteiger partial charge is 0.481 e. The molecule has 2 heterocycles. The molecule has 0 bridgehead atoms. The molecule has 1 unspecified atom stereocenters. The molecule has 1 aromatic rings. The van der Waals surface area contributed by atoms with Crippen LogP contribution in [-0.4, -0.2) is 47.5 Å². The summed E-state index contributed by atoms with van der Waals surface area (Å²) >= 11 is 0. The van der Waals surface area contributed by atoms with Crippen LogP contribution in [0.5, 0.6) is 0 Å². The number of carbonyl (C=O) groups excluding carboxylic acids is 2. The van der Waals surface area contributed by atoms with Crippen molar-refractivity contribution in [2.45, 2.75) is 26.2 Å². The van der Waals surface area contributed by atoms with Crippen LogP contribution in [0, 0.1) is 5.41 Å². The van der Waals surface area contributed by atoms with Crippen LogP contribution in [0.25, 0.3) is 0 Å². The van der Waals surface area contributed by atoms with Gasteiger partial charge in [-0.25, -0.2) is 4.79 Å². The summed E-state index contributed by atoms with van der Waals surface area (Å²) in [6, 6.07) is 6.85. The van der Waals surface area contributed by atoms with Gasteiger partial charge in [0.25, 0.3) is 0 Å². The van der Waals surface area contributed by atoms with Crippen LogP contribution in [0.15, 0.2) is 24.3 Å². The zero-order chi connectivity index (χ0) is 17.3. The molecule has 0 aliphatic carbocycles. The number of carbonyl (C=O) groups is 3. The topological polar surface area (TPSA) is 89.9 Å². The van der Waals surface area contributed by atoms with E-state index in [2.05, 4.69) is 5.32 Å². The number of nitrogens with zero attached hydrogens (tertiary/aromatic N) is 2. The first-order valence-electron chi connectivity index (χ1n) is 8.09. The first kappa shape index (κ1) is 16.3. The average Bonchev–Trinajstić information content (AvgIpc) is 3.14. The third-order valence-corrected chi connectivity index (χ3v) is 4.76. The molecule has 128 valence electrons. The van der Waals surface area contributed by atoms with E-state index in [9.17, 15) is 19.5 Å². The molecule has 2 fully saturated rings. The monoisotopic (exact) mass is 331 g/mol. The maximum Gasteiger partial charge on any atom is 0.321 e. The van der Waals surface area contributed by atoms with E-state index in [1.54, 1.807) is 30.0 Å². The molecule has 0 radical (unpaired) electrons. The highest BCUT2D eigenvalue weighted by Crippen LogP contribution is 2.31. The lowest BCUT2D eigenvalue weighted by Crippen LogP contribution is -2.37. The number of nitrogens with one attached hydrogen (secondary N) is 1. The number of benzene rings is 1. The first-order chi connectivity index (χ1) is 11.4. The summed E-state index contributed by atoms with van der Waals surface area (Å²) in [5.74, 6) is -0.789. The molecule has 2 N–H and O–H groups in total. The first-order valence-corrected chi connectivity index (χ1v) is 8.09. The molecule has 0 saturated carbocycles. The van der Waals surface area contributed by atoms with E-state index in [-0.39, 0.29) is 18.5 Å². The quantitative estimate of drug-likeness (QED) is 0.888. The van der Waals surface area contributed by atoms with Gasteiger partial charge < -0.3 is 20.2 Å². The number of hydrogen-bond donors (Lipinski definition) is 2. The number of likely N-dealkylation sites (tertiary alicyclic amines) is 1. The van der Waals surface area contributed by atoms with Gasteiger partial charge in [-0.1, -0.05) is 6.07 Å². The van der Waals surface area contributed by atoms with E-state index < -0.39 is 11.4 Å². The highest BCUT2D eigenvalue weighted by atomic mass is 16.4. The van der Waals surface area contributed by atoms with Crippen molar-refractivity contribution in [3.8, 4) is 0 Å². The minimum Gasteiger partial charge on any atom is -0.481 e. The molecular formula is C17H21N3O4. The van der Waals surface area contributed by atoms with Crippen molar-refractivity contribution in [1.29, 1.82) is 0 Å². The van der Waals surface area contributed by atoms with Gasteiger partial charge in [-0.3, -0.25) is 9.59 Å². The van der Waals surface area contributed by atoms with Gasteiger partial charge in [-0.15, -0.1) is 0 Å². The van der Waals surface area contributed by atoms with Crippen molar-refractivity contribution in [3.63, 3.8) is 0 Å². The fraction of sp³-hybridized carbons (Fsp3) is 0.471. The zero-order valence-electron chi connectivity index (χ0n) is 13.6. The predicted molar refractivity (Wildman–Crippen MR) is 89.0 cm³/mol. The number of hydrogen-bond acceptors (Lipinski definition) is 3. The predicted octanol–water partition coefficient (Wildman–Crippen LogP) is 2.14. The molecular weight excluding hydrogens is 310 g/mol. The van der Waals surface area contributed by atoms with Crippen LogP contribution >= 0.6 is 0 Å². The van der Waals surface area contributed by atoms with E-state index in [4.69, 9.17) is 0 Å². The second kappa shape index (κ2) is 6.14. The minimum atomic E-state index is -0.888. The number of carboxylic acid groups (broad SMARTS) is 1. The SMILES string of the molecule is CC1(C(=O)O)CCN(C(=O)Nc2cccc(N3CCCC3=O)c2)C1. The Morgan fingerprint density at radius 2 is 2.08 bits per heavy atom. The third kappa shape index (κ3) is 3.06. The number of carboxylic acids is 1. The maximum atomic E-state index is 12.4. The molecule has 0 spiro atoms. The molecule has 24 heavy (non-hydrogen) atoms. The van der Waals surface area contributed by atoms with Gasteiger partial charge in [0.05, 0.1) is 5.41 Å². The van der Waals surface area contributed by atoms with E-state index in [1.807, 2.05) is 6.07 Å². The van der Waals surface area contributed by atoms with Crippen molar-refractivity contribution in [2.75, 3.05) is 29.9 Å². The minimum absolute atomic E-state index is 0.0928. The van der Waals surface area contributed by atoms with E-state index in [0.717, 1.165) is 12.1 Å². The van der Waals surface area contributed by atoms with Gasteiger partial charge in [0.2, 0.25) is 5.91 Å². The third-order valence-electron chi connectivity index (χ3n) is 4.76. The standard InChI is InChI=1S/C17H21N3O4/c1-17(15(22)23)7-9-19(11-17)16(24)18-12-4-2-5-13(10-12)20-8-3-6-14(20)21/h2,4-5,10H,3,6-9,11H2,1H3,(H,18,24)(H,22,23). The Hall–Kier alpha value is -2.57. The molecule has 7 heteroatoms. The summed E-state index contributed by atoms with van der Waals surface area (Å²) in [6.07, 6.45) is 1.84. The Labute approximate surface area is 140 Å². The lowest BCUT2D eigenvalue weighted by molar-refractivity contribution is -0.147. The molecule has 0 aromatic heterocycles. The van der Waals surface area contributed by atoms with Crippen LogP contribution in [0.4, 0.5) is 16.2 Å². The second-order valence-electron chi connectivity index (χ2n) is 6.67. The van der Waals surface area contributed by atoms with Gasteiger partial charge in [-0.05, 0) is 38.0 Å². The fourth-order valence-electron chi connectivity index (χ4n) is 3.18. The Balaban J connectivity index is 1.67. The Kier molecular flexibility index (Phi) is 4.17. The van der Waals surface area contributed by atoms with Crippen molar-refractivity contribution < 1.29 is 19.5 Å². The summed E-state index contributed by atoms with van der Waals surface area (Å²) in [5.41, 5.74) is 0.481. The van der Waals surface area contributed by atoms with Gasteiger partial charge in [-0.2, -0.15) is 0 Å². The van der Waals surface area contributed by atoms with E-state index >= 15 is 0 Å². The summed E-state index contributed by atoms with van der Waals surface area (Å²) in [5, 5.41) is 12.0. The van der Waals surface area contributed by atoms with Crippen molar-refractivity contribution in [2.24, 2.45) is 5.41 Å². The molecule has 7 nitrogen and oxygen atoms in total. The molecule has 2 saturated heterocycles. The summed E-state index contributed by atoms with van der Waals surface area (Å²) < 4.78 is 0. The van der Waals surface area contributed by atoms with Crippen LogP contribution < -0.4 is 10.2 Å². The van der Waals surface area contributed by atoms with Crippen LogP contribution in [-0.2, 0) is 9.59 Å². The van der Waals surface area contributed by atoms with Gasteiger partial charge in [0.1, 0.15) is 0 Å². The Morgan fingerprint density at radius 1 is 1.29 bits per heavy atom.